The maximum Gasteiger partial charge on any atom is 0.223 e. The first-order valence-corrected chi connectivity index (χ1v) is 9.95. The lowest BCUT2D eigenvalue weighted by Crippen LogP contribution is -2.19. The summed E-state index contributed by atoms with van der Waals surface area (Å²) in [5.74, 6) is 2.67. The Morgan fingerprint density at radius 3 is 2.64 bits per heavy atom. The van der Waals surface area contributed by atoms with Crippen molar-refractivity contribution in [2.24, 2.45) is 0 Å². The second kappa shape index (κ2) is 7.66. The van der Waals surface area contributed by atoms with E-state index >= 15 is 0 Å². The van der Waals surface area contributed by atoms with Crippen molar-refractivity contribution >= 4 is 16.9 Å². The predicted octanol–water partition coefficient (Wildman–Crippen LogP) is 4.18. The average molecular weight is 377 g/mol. The van der Waals surface area contributed by atoms with Gasteiger partial charge < -0.3 is 14.2 Å². The molecule has 5 nitrogen and oxygen atoms in total. The SMILES string of the molecule is CC(C)c1ccccc1OCCn1c(C2CC(=O)N(C)C2)nc2ccccc21. The number of benzene rings is 2. The van der Waals surface area contributed by atoms with Gasteiger partial charge >= 0.3 is 0 Å². The molecule has 3 aromatic rings. The van der Waals surface area contributed by atoms with Crippen molar-refractivity contribution in [1.82, 2.24) is 14.5 Å². The third-order valence-corrected chi connectivity index (χ3v) is 5.50. The Morgan fingerprint density at radius 2 is 1.89 bits per heavy atom. The molecule has 4 rings (SSSR count). The van der Waals surface area contributed by atoms with Crippen molar-refractivity contribution in [3.8, 4) is 5.75 Å². The Bertz CT molecular complexity index is 992. The molecular formula is C23H27N3O2. The third-order valence-electron chi connectivity index (χ3n) is 5.50. The van der Waals surface area contributed by atoms with E-state index in [2.05, 4.69) is 36.6 Å². The molecule has 0 bridgehead atoms. The number of carbonyl (C=O) groups excluding carboxylic acids is 1. The lowest BCUT2D eigenvalue weighted by molar-refractivity contribution is -0.126. The topological polar surface area (TPSA) is 47.4 Å². The van der Waals surface area contributed by atoms with Crippen LogP contribution in [0.3, 0.4) is 0 Å². The molecule has 5 heteroatoms. The number of likely N-dealkylation sites (tertiary alicyclic amines) is 1. The van der Waals surface area contributed by atoms with Crippen molar-refractivity contribution in [1.29, 1.82) is 0 Å². The van der Waals surface area contributed by atoms with Crippen LogP contribution in [0.15, 0.2) is 48.5 Å². The number of amides is 1. The van der Waals surface area contributed by atoms with Crippen LogP contribution in [0.5, 0.6) is 5.75 Å². The van der Waals surface area contributed by atoms with Gasteiger partial charge in [-0.25, -0.2) is 4.98 Å². The number of hydrogen-bond donors (Lipinski definition) is 0. The molecule has 0 spiro atoms. The van der Waals surface area contributed by atoms with Crippen LogP contribution < -0.4 is 4.74 Å². The first-order chi connectivity index (χ1) is 13.5. The number of aromatic nitrogens is 2. The molecule has 0 saturated carbocycles. The third kappa shape index (κ3) is 3.49. The molecule has 1 aliphatic rings. The summed E-state index contributed by atoms with van der Waals surface area (Å²) in [7, 11) is 1.86. The molecular weight excluding hydrogens is 350 g/mol. The van der Waals surface area contributed by atoms with Gasteiger partial charge in [-0.05, 0) is 29.7 Å². The molecule has 1 aliphatic heterocycles. The van der Waals surface area contributed by atoms with Crippen LogP contribution in [-0.2, 0) is 11.3 Å². The Hall–Kier alpha value is -2.82. The highest BCUT2D eigenvalue weighted by Gasteiger charge is 2.31. The number of nitrogens with zero attached hydrogens (tertiary/aromatic N) is 3. The molecule has 146 valence electrons. The quantitative estimate of drug-likeness (QED) is 0.647. The van der Waals surface area contributed by atoms with Crippen LogP contribution in [0.2, 0.25) is 0 Å². The standard InChI is InChI=1S/C23H27N3O2/c1-16(2)18-8-4-7-11-21(18)28-13-12-26-20-10-6-5-9-19(20)24-23(26)17-14-22(27)25(3)15-17/h4-11,16-17H,12-15H2,1-3H3. The van der Waals surface area contributed by atoms with Crippen molar-refractivity contribution in [2.45, 2.75) is 38.6 Å². The van der Waals surface area contributed by atoms with E-state index in [-0.39, 0.29) is 11.8 Å². The number of imidazole rings is 1. The maximum atomic E-state index is 12.0. The zero-order valence-electron chi connectivity index (χ0n) is 16.8. The number of para-hydroxylation sites is 3. The highest BCUT2D eigenvalue weighted by molar-refractivity contribution is 5.80. The lowest BCUT2D eigenvalue weighted by Gasteiger charge is -2.16. The molecule has 0 radical (unpaired) electrons. The van der Waals surface area contributed by atoms with Crippen molar-refractivity contribution in [2.75, 3.05) is 20.2 Å². The molecule has 1 amide bonds. The summed E-state index contributed by atoms with van der Waals surface area (Å²) >= 11 is 0. The largest absolute Gasteiger partial charge is 0.491 e. The van der Waals surface area contributed by atoms with E-state index in [1.54, 1.807) is 4.90 Å². The van der Waals surface area contributed by atoms with Gasteiger partial charge in [0, 0.05) is 25.9 Å². The summed E-state index contributed by atoms with van der Waals surface area (Å²) in [6.45, 7) is 6.35. The summed E-state index contributed by atoms with van der Waals surface area (Å²) in [6.07, 6.45) is 0.525. The zero-order valence-corrected chi connectivity index (χ0v) is 16.8. The summed E-state index contributed by atoms with van der Waals surface area (Å²) in [6, 6.07) is 16.4. The molecule has 0 aliphatic carbocycles. The number of fused-ring (bicyclic) bond motifs is 1. The van der Waals surface area contributed by atoms with Crippen LogP contribution in [0.4, 0.5) is 0 Å². The Kier molecular flexibility index (Phi) is 5.07. The highest BCUT2D eigenvalue weighted by Crippen LogP contribution is 2.30. The molecule has 2 aromatic carbocycles. The Balaban J connectivity index is 1.58. The van der Waals surface area contributed by atoms with E-state index in [1.165, 1.54) is 5.56 Å². The van der Waals surface area contributed by atoms with Gasteiger partial charge in [0.1, 0.15) is 18.2 Å². The molecule has 28 heavy (non-hydrogen) atoms. The molecule has 1 fully saturated rings. The summed E-state index contributed by atoms with van der Waals surface area (Å²) < 4.78 is 8.38. The molecule has 2 heterocycles. The van der Waals surface area contributed by atoms with Crippen LogP contribution in [0.1, 0.15) is 43.5 Å². The normalized spacial score (nSPS) is 17.1. The number of hydrogen-bond acceptors (Lipinski definition) is 3. The van der Waals surface area contributed by atoms with Crippen LogP contribution in [-0.4, -0.2) is 40.6 Å². The monoisotopic (exact) mass is 377 g/mol. The fourth-order valence-electron chi connectivity index (χ4n) is 4.01. The van der Waals surface area contributed by atoms with E-state index in [0.29, 0.717) is 25.5 Å². The molecule has 0 N–H and O–H groups in total. The number of likely N-dealkylation sites (N-methyl/N-ethyl adjacent to an activating group) is 1. The summed E-state index contributed by atoms with van der Waals surface area (Å²) in [5, 5.41) is 0. The Labute approximate surface area is 165 Å². The molecule has 1 unspecified atom stereocenters. The maximum absolute atomic E-state index is 12.0. The van der Waals surface area contributed by atoms with Gasteiger partial charge in [-0.1, -0.05) is 44.2 Å². The van der Waals surface area contributed by atoms with Gasteiger partial charge in [0.15, 0.2) is 0 Å². The lowest BCUT2D eigenvalue weighted by atomic mass is 10.0. The van der Waals surface area contributed by atoms with E-state index in [9.17, 15) is 4.79 Å². The van der Waals surface area contributed by atoms with Crippen LogP contribution in [0.25, 0.3) is 11.0 Å². The molecule has 1 saturated heterocycles. The first kappa shape index (κ1) is 18.5. The number of rotatable bonds is 6. The average Bonchev–Trinajstić information content (AvgIpc) is 3.22. The minimum atomic E-state index is 0.132. The molecule has 1 aromatic heterocycles. The van der Waals surface area contributed by atoms with Gasteiger partial charge in [0.05, 0.1) is 17.6 Å². The second-order valence-corrected chi connectivity index (χ2v) is 7.83. The van der Waals surface area contributed by atoms with Gasteiger partial charge in [-0.3, -0.25) is 4.79 Å². The zero-order chi connectivity index (χ0) is 19.7. The number of ether oxygens (including phenoxy) is 1. The van der Waals surface area contributed by atoms with Crippen LogP contribution in [0, 0.1) is 0 Å². The second-order valence-electron chi connectivity index (χ2n) is 7.83. The van der Waals surface area contributed by atoms with Crippen molar-refractivity contribution in [3.05, 3.63) is 59.9 Å². The van der Waals surface area contributed by atoms with Gasteiger partial charge in [0.25, 0.3) is 0 Å². The van der Waals surface area contributed by atoms with Crippen molar-refractivity contribution in [3.63, 3.8) is 0 Å². The Morgan fingerprint density at radius 1 is 1.14 bits per heavy atom. The van der Waals surface area contributed by atoms with Gasteiger partial charge in [-0.2, -0.15) is 0 Å². The minimum Gasteiger partial charge on any atom is -0.491 e. The highest BCUT2D eigenvalue weighted by atomic mass is 16.5. The number of carbonyl (C=O) groups is 1. The smallest absolute Gasteiger partial charge is 0.223 e. The van der Waals surface area contributed by atoms with Gasteiger partial charge in [0.2, 0.25) is 5.91 Å². The summed E-state index contributed by atoms with van der Waals surface area (Å²) in [5.41, 5.74) is 3.29. The predicted molar refractivity (Wildman–Crippen MR) is 111 cm³/mol. The molecule has 1 atom stereocenters. The van der Waals surface area contributed by atoms with E-state index in [0.717, 1.165) is 29.2 Å². The minimum absolute atomic E-state index is 0.132. The fourth-order valence-corrected chi connectivity index (χ4v) is 4.01. The van der Waals surface area contributed by atoms with Crippen LogP contribution >= 0.6 is 0 Å². The van der Waals surface area contributed by atoms with E-state index in [1.807, 2.05) is 37.4 Å². The van der Waals surface area contributed by atoms with Crippen molar-refractivity contribution < 1.29 is 9.53 Å². The fraction of sp³-hybridized carbons (Fsp3) is 0.391. The van der Waals surface area contributed by atoms with Gasteiger partial charge in [-0.15, -0.1) is 0 Å². The first-order valence-electron chi connectivity index (χ1n) is 9.95. The van der Waals surface area contributed by atoms with E-state index < -0.39 is 0 Å². The summed E-state index contributed by atoms with van der Waals surface area (Å²) in [4.78, 5) is 18.7. The van der Waals surface area contributed by atoms with E-state index in [4.69, 9.17) is 9.72 Å².